The summed E-state index contributed by atoms with van der Waals surface area (Å²) < 4.78 is 46.6. The maximum atomic E-state index is 13.1. The van der Waals surface area contributed by atoms with Crippen LogP contribution in [0.5, 0.6) is 5.75 Å². The zero-order chi connectivity index (χ0) is 18.9. The van der Waals surface area contributed by atoms with Crippen LogP contribution in [0.3, 0.4) is 0 Å². The summed E-state index contributed by atoms with van der Waals surface area (Å²) in [5.41, 5.74) is 1.94. The lowest BCUT2D eigenvalue weighted by Crippen LogP contribution is -2.27. The van der Waals surface area contributed by atoms with E-state index in [1.165, 1.54) is 13.2 Å². The summed E-state index contributed by atoms with van der Waals surface area (Å²) in [6, 6.07) is 12.4. The van der Waals surface area contributed by atoms with Gasteiger partial charge in [0.05, 0.1) is 23.8 Å². The van der Waals surface area contributed by atoms with Gasteiger partial charge in [-0.2, -0.15) is 13.2 Å². The number of ether oxygens (including phenoxy) is 1. The molecule has 6 heteroatoms. The van der Waals surface area contributed by atoms with Gasteiger partial charge in [0.2, 0.25) is 0 Å². The van der Waals surface area contributed by atoms with Crippen molar-refractivity contribution in [2.75, 3.05) is 7.11 Å². The summed E-state index contributed by atoms with van der Waals surface area (Å²) in [7, 11) is 3.32. The first kappa shape index (κ1) is 18.3. The molecule has 0 N–H and O–H groups in total. The van der Waals surface area contributed by atoms with E-state index in [4.69, 9.17) is 16.3 Å². The number of benzene rings is 2. The van der Waals surface area contributed by atoms with Gasteiger partial charge in [0.25, 0.3) is 0 Å². The molecular formula is C20H16ClF3NO+. The molecule has 1 aromatic heterocycles. The van der Waals surface area contributed by atoms with Crippen molar-refractivity contribution in [1.82, 2.24) is 0 Å². The van der Waals surface area contributed by atoms with Crippen molar-refractivity contribution in [1.29, 1.82) is 0 Å². The zero-order valence-corrected chi connectivity index (χ0v) is 14.9. The van der Waals surface area contributed by atoms with Crippen molar-refractivity contribution in [3.05, 3.63) is 71.5 Å². The topological polar surface area (TPSA) is 13.1 Å². The van der Waals surface area contributed by atoms with E-state index in [9.17, 15) is 13.2 Å². The van der Waals surface area contributed by atoms with Gasteiger partial charge in [-0.1, -0.05) is 35.9 Å². The second-order valence-corrected chi connectivity index (χ2v) is 6.31. The molecule has 0 bridgehead atoms. The second kappa shape index (κ2) is 7.00. The van der Waals surface area contributed by atoms with Crippen molar-refractivity contribution >= 4 is 11.6 Å². The minimum absolute atomic E-state index is 0.433. The zero-order valence-electron chi connectivity index (χ0n) is 14.1. The molecule has 0 spiro atoms. The average molecular weight is 379 g/mol. The highest BCUT2D eigenvalue weighted by Gasteiger charge is 2.31. The van der Waals surface area contributed by atoms with E-state index in [0.29, 0.717) is 21.9 Å². The number of nitrogens with zero attached hydrogens (tertiary/aromatic N) is 1. The Morgan fingerprint density at radius 3 is 2.12 bits per heavy atom. The van der Waals surface area contributed by atoms with Crippen LogP contribution in [-0.4, -0.2) is 7.11 Å². The number of hydrogen-bond acceptors (Lipinski definition) is 1. The number of aryl methyl sites for hydroxylation is 1. The Morgan fingerprint density at radius 2 is 1.54 bits per heavy atom. The molecule has 0 saturated carbocycles. The summed E-state index contributed by atoms with van der Waals surface area (Å²) in [4.78, 5) is 0. The van der Waals surface area contributed by atoms with Gasteiger partial charge >= 0.3 is 6.18 Å². The van der Waals surface area contributed by atoms with Crippen molar-refractivity contribution in [3.63, 3.8) is 0 Å². The van der Waals surface area contributed by atoms with Gasteiger partial charge in [-0.25, -0.2) is 4.57 Å². The number of hydrogen-bond donors (Lipinski definition) is 0. The molecule has 3 rings (SSSR count). The summed E-state index contributed by atoms with van der Waals surface area (Å²) in [6.45, 7) is 0. The van der Waals surface area contributed by atoms with Crippen LogP contribution in [0, 0.1) is 0 Å². The number of rotatable bonds is 3. The fraction of sp³-hybridized carbons (Fsp3) is 0.150. The van der Waals surface area contributed by atoms with Crippen LogP contribution in [-0.2, 0) is 13.2 Å². The molecule has 0 fully saturated rings. The molecule has 26 heavy (non-hydrogen) atoms. The fourth-order valence-corrected chi connectivity index (χ4v) is 2.96. The molecule has 134 valence electrons. The van der Waals surface area contributed by atoms with E-state index in [-0.39, 0.29) is 0 Å². The molecule has 0 radical (unpaired) electrons. The van der Waals surface area contributed by atoms with E-state index >= 15 is 0 Å². The molecule has 2 nitrogen and oxygen atoms in total. The Kier molecular flexibility index (Phi) is 4.92. The monoisotopic (exact) mass is 378 g/mol. The Bertz CT molecular complexity index is 937. The molecule has 0 aliphatic rings. The maximum Gasteiger partial charge on any atom is 0.416 e. The third-order valence-corrected chi connectivity index (χ3v) is 4.27. The number of pyridine rings is 1. The van der Waals surface area contributed by atoms with Gasteiger partial charge < -0.3 is 4.74 Å². The third-order valence-electron chi connectivity index (χ3n) is 4.01. The highest BCUT2D eigenvalue weighted by Crippen LogP contribution is 2.39. The van der Waals surface area contributed by atoms with Crippen LogP contribution < -0.4 is 9.30 Å². The van der Waals surface area contributed by atoms with Gasteiger partial charge in [0, 0.05) is 5.02 Å². The van der Waals surface area contributed by atoms with Crippen molar-refractivity contribution in [2.24, 2.45) is 7.05 Å². The number of alkyl halides is 3. The van der Waals surface area contributed by atoms with Crippen molar-refractivity contribution in [3.8, 4) is 28.0 Å². The normalized spacial score (nSPS) is 11.5. The fourth-order valence-electron chi connectivity index (χ4n) is 2.83. The van der Waals surface area contributed by atoms with Crippen LogP contribution in [0.2, 0.25) is 5.02 Å². The Morgan fingerprint density at radius 1 is 0.923 bits per heavy atom. The molecule has 0 aliphatic carbocycles. The lowest BCUT2D eigenvalue weighted by molar-refractivity contribution is -0.670. The Balaban J connectivity index is 2.21. The minimum Gasteiger partial charge on any atom is -0.495 e. The van der Waals surface area contributed by atoms with Crippen LogP contribution in [0.15, 0.2) is 60.9 Å². The van der Waals surface area contributed by atoms with Gasteiger partial charge in [0.1, 0.15) is 12.8 Å². The molecule has 0 aliphatic heterocycles. The van der Waals surface area contributed by atoms with E-state index in [1.807, 2.05) is 25.4 Å². The maximum absolute atomic E-state index is 13.1. The predicted octanol–water partition coefficient (Wildman–Crippen LogP) is 5.53. The van der Waals surface area contributed by atoms with Gasteiger partial charge in [-0.15, -0.1) is 0 Å². The summed E-state index contributed by atoms with van der Waals surface area (Å²) >= 11 is 5.95. The first-order chi connectivity index (χ1) is 12.3. The molecule has 3 aromatic rings. The van der Waals surface area contributed by atoms with Crippen LogP contribution >= 0.6 is 11.6 Å². The van der Waals surface area contributed by atoms with Crippen LogP contribution in [0.1, 0.15) is 5.56 Å². The Labute approximate surface area is 154 Å². The highest BCUT2D eigenvalue weighted by molar-refractivity contribution is 6.30. The van der Waals surface area contributed by atoms with Crippen LogP contribution in [0.25, 0.3) is 22.3 Å². The molecule has 0 amide bonds. The Hall–Kier alpha value is -2.53. The van der Waals surface area contributed by atoms with E-state index in [2.05, 4.69) is 0 Å². The molecule has 2 aromatic carbocycles. The summed E-state index contributed by atoms with van der Waals surface area (Å²) in [6.07, 6.45) is -0.799. The smallest absolute Gasteiger partial charge is 0.416 e. The van der Waals surface area contributed by atoms with Gasteiger partial charge in [-0.05, 0) is 35.4 Å². The lowest BCUT2D eigenvalue weighted by atomic mass is 9.98. The molecule has 0 saturated heterocycles. The molecule has 0 unspecified atom stereocenters. The second-order valence-electron chi connectivity index (χ2n) is 5.87. The van der Waals surface area contributed by atoms with Gasteiger partial charge in [-0.3, -0.25) is 0 Å². The lowest BCUT2D eigenvalue weighted by Gasteiger charge is -2.14. The molecule has 1 heterocycles. The standard InChI is InChI=1S/C20H16ClF3NO/c1-25-11-17(13-6-8-16(21)9-7-13)19(26-2)18(12-25)14-4-3-5-15(10-14)20(22,23)24/h3-12H,1-2H3/q+1. The quantitative estimate of drug-likeness (QED) is 0.546. The van der Waals surface area contributed by atoms with Gasteiger partial charge in [0.15, 0.2) is 12.4 Å². The predicted molar refractivity (Wildman–Crippen MR) is 95.1 cm³/mol. The summed E-state index contributed by atoms with van der Waals surface area (Å²) in [5, 5.41) is 0.603. The highest BCUT2D eigenvalue weighted by atomic mass is 35.5. The van der Waals surface area contributed by atoms with Crippen molar-refractivity contribution < 1.29 is 22.5 Å². The average Bonchev–Trinajstić information content (AvgIpc) is 2.61. The summed E-state index contributed by atoms with van der Waals surface area (Å²) in [5.74, 6) is 0.504. The van der Waals surface area contributed by atoms with E-state index in [0.717, 1.165) is 23.3 Å². The van der Waals surface area contributed by atoms with Crippen molar-refractivity contribution in [2.45, 2.75) is 6.18 Å². The minimum atomic E-state index is -4.40. The number of methoxy groups -OCH3 is 1. The largest absolute Gasteiger partial charge is 0.495 e. The third kappa shape index (κ3) is 3.68. The molecular weight excluding hydrogens is 363 g/mol. The first-order valence-corrected chi connectivity index (χ1v) is 8.18. The SMILES string of the molecule is COc1c(-c2ccc(Cl)cc2)c[n+](C)cc1-c1cccc(C(F)(F)F)c1. The van der Waals surface area contributed by atoms with Crippen LogP contribution in [0.4, 0.5) is 13.2 Å². The van der Waals surface area contributed by atoms with E-state index in [1.54, 1.807) is 29.0 Å². The van der Waals surface area contributed by atoms with E-state index < -0.39 is 11.7 Å². The first-order valence-electron chi connectivity index (χ1n) is 7.80. The number of aromatic nitrogens is 1. The number of halogens is 4. The molecule has 0 atom stereocenters.